The Morgan fingerprint density at radius 2 is 1.50 bits per heavy atom. The van der Waals surface area contributed by atoms with E-state index in [1.54, 1.807) is 0 Å². The minimum absolute atomic E-state index is 0.101. The summed E-state index contributed by atoms with van der Waals surface area (Å²) in [7, 11) is -3.27. The number of nitrogens with one attached hydrogen (secondary N) is 1. The van der Waals surface area contributed by atoms with Gasteiger partial charge in [-0.15, -0.1) is 0 Å². The number of hydrogen-bond acceptors (Lipinski definition) is 5. The van der Waals surface area contributed by atoms with Crippen molar-refractivity contribution in [1.29, 1.82) is 0 Å². The zero-order chi connectivity index (χ0) is 23.0. The van der Waals surface area contributed by atoms with Gasteiger partial charge >= 0.3 is 18.3 Å². The first-order valence-corrected chi connectivity index (χ1v) is 9.29. The lowest BCUT2D eigenvalue weighted by molar-refractivity contribution is -0.376. The van der Waals surface area contributed by atoms with Crippen LogP contribution in [0.2, 0.25) is 0 Å². The van der Waals surface area contributed by atoms with E-state index in [1.807, 2.05) is 4.72 Å². The summed E-state index contributed by atoms with van der Waals surface area (Å²) in [6.07, 6.45) is -12.1. The molecular formula is C17H13F6NO5S. The van der Waals surface area contributed by atoms with E-state index in [0.29, 0.717) is 24.3 Å². The third-order valence-corrected chi connectivity index (χ3v) is 5.32. The van der Waals surface area contributed by atoms with Crippen LogP contribution in [-0.4, -0.2) is 39.0 Å². The normalized spacial score (nSPS) is 13.1. The molecule has 2 rings (SSSR count). The number of carbonyl (C=O) groups is 1. The molecule has 0 unspecified atom stereocenters. The van der Waals surface area contributed by atoms with Crippen LogP contribution in [0, 0.1) is 0 Å². The number of aliphatic hydroxyl groups is 1. The quantitative estimate of drug-likeness (QED) is 0.529. The number of benzene rings is 2. The van der Waals surface area contributed by atoms with Crippen molar-refractivity contribution >= 4 is 21.7 Å². The molecule has 0 radical (unpaired) electrons. The average Bonchev–Trinajstić information content (AvgIpc) is 2.65. The van der Waals surface area contributed by atoms with Gasteiger partial charge in [-0.05, 0) is 30.3 Å². The molecule has 164 valence electrons. The lowest BCUT2D eigenvalue weighted by Crippen LogP contribution is -2.53. The largest absolute Gasteiger partial charge is 0.465 e. The number of sulfonamides is 1. The van der Waals surface area contributed by atoms with Crippen molar-refractivity contribution in [2.24, 2.45) is 0 Å². The number of hydrogen-bond donors (Lipinski definition) is 2. The van der Waals surface area contributed by atoms with Crippen molar-refractivity contribution in [3.05, 3.63) is 59.7 Å². The van der Waals surface area contributed by atoms with E-state index in [0.717, 1.165) is 19.2 Å². The number of rotatable bonds is 5. The number of esters is 1. The van der Waals surface area contributed by atoms with Gasteiger partial charge in [0.25, 0.3) is 15.6 Å². The van der Waals surface area contributed by atoms with Crippen molar-refractivity contribution in [1.82, 2.24) is 0 Å². The van der Waals surface area contributed by atoms with E-state index in [1.165, 1.54) is 12.1 Å². The Bertz CT molecular complexity index is 1020. The lowest BCUT2D eigenvalue weighted by atomic mass is 9.92. The summed E-state index contributed by atoms with van der Waals surface area (Å²) in [6.45, 7) is 0. The first-order valence-electron chi connectivity index (χ1n) is 7.81. The molecule has 0 fully saturated rings. The fourth-order valence-electron chi connectivity index (χ4n) is 2.39. The fraction of sp³-hybridized carbons (Fsp3) is 0.235. The standard InChI is InChI=1S/C17H13F6NO5S/c1-29-14(25)10-3-2-4-13(9-10)30(27,28)24-12-7-5-11(6-8-12)15(26,16(18,19)20)17(21,22)23/h2-9,24,26H,1H3. The van der Waals surface area contributed by atoms with Crippen LogP contribution in [0.4, 0.5) is 32.0 Å². The van der Waals surface area contributed by atoms with Gasteiger partial charge in [-0.3, -0.25) is 4.72 Å². The molecule has 0 bridgehead atoms. The Labute approximate surface area is 166 Å². The molecule has 0 spiro atoms. The van der Waals surface area contributed by atoms with E-state index >= 15 is 0 Å². The van der Waals surface area contributed by atoms with Crippen LogP contribution >= 0.6 is 0 Å². The van der Waals surface area contributed by atoms with Crippen LogP contribution in [0.25, 0.3) is 0 Å². The molecule has 0 aromatic heterocycles. The molecule has 2 N–H and O–H groups in total. The summed E-state index contributed by atoms with van der Waals surface area (Å²) >= 11 is 0. The summed E-state index contributed by atoms with van der Waals surface area (Å²) in [5.41, 5.74) is -7.16. The summed E-state index contributed by atoms with van der Waals surface area (Å²) in [5.74, 6) is -0.824. The number of carbonyl (C=O) groups excluding carboxylic acids is 1. The van der Waals surface area contributed by atoms with Crippen LogP contribution < -0.4 is 4.72 Å². The van der Waals surface area contributed by atoms with E-state index in [2.05, 4.69) is 4.74 Å². The predicted molar refractivity (Wildman–Crippen MR) is 91.0 cm³/mol. The van der Waals surface area contributed by atoms with E-state index < -0.39 is 44.4 Å². The number of halogens is 6. The van der Waals surface area contributed by atoms with Gasteiger partial charge in [-0.25, -0.2) is 13.2 Å². The van der Waals surface area contributed by atoms with Crippen molar-refractivity contribution in [3.63, 3.8) is 0 Å². The highest BCUT2D eigenvalue weighted by Crippen LogP contribution is 2.50. The maximum absolute atomic E-state index is 12.9. The second kappa shape index (κ2) is 7.80. The summed E-state index contributed by atoms with van der Waals surface area (Å²) in [4.78, 5) is 11.1. The minimum atomic E-state index is -6.07. The highest BCUT2D eigenvalue weighted by Gasteiger charge is 2.71. The summed E-state index contributed by atoms with van der Waals surface area (Å²) in [6, 6.07) is 6.42. The predicted octanol–water partition coefficient (Wildman–Crippen LogP) is 3.59. The van der Waals surface area contributed by atoms with Crippen LogP contribution in [0.3, 0.4) is 0 Å². The third kappa shape index (κ3) is 4.36. The number of alkyl halides is 6. The second-order valence-electron chi connectivity index (χ2n) is 5.91. The first kappa shape index (κ1) is 23.5. The smallest absolute Gasteiger partial charge is 0.430 e. The van der Waals surface area contributed by atoms with Gasteiger partial charge in [-0.2, -0.15) is 26.3 Å². The summed E-state index contributed by atoms with van der Waals surface area (Å²) < 4.78 is 109. The Morgan fingerprint density at radius 3 is 1.97 bits per heavy atom. The molecule has 30 heavy (non-hydrogen) atoms. The van der Waals surface area contributed by atoms with Crippen molar-refractivity contribution in [2.75, 3.05) is 11.8 Å². The first-order chi connectivity index (χ1) is 13.6. The number of methoxy groups -OCH3 is 1. The minimum Gasteiger partial charge on any atom is -0.465 e. The molecule has 0 saturated heterocycles. The van der Waals surface area contributed by atoms with Gasteiger partial charge in [0.1, 0.15) is 0 Å². The van der Waals surface area contributed by atoms with Crippen LogP contribution in [0.15, 0.2) is 53.4 Å². The Hall–Kier alpha value is -2.80. The maximum atomic E-state index is 12.9. The molecule has 0 aliphatic rings. The zero-order valence-electron chi connectivity index (χ0n) is 14.9. The monoisotopic (exact) mass is 457 g/mol. The van der Waals surface area contributed by atoms with Crippen LogP contribution in [0.5, 0.6) is 0 Å². The highest BCUT2D eigenvalue weighted by atomic mass is 32.2. The third-order valence-electron chi connectivity index (χ3n) is 3.94. The Morgan fingerprint density at radius 1 is 0.967 bits per heavy atom. The van der Waals surface area contributed by atoms with Gasteiger partial charge < -0.3 is 9.84 Å². The molecule has 0 amide bonds. The van der Waals surface area contributed by atoms with E-state index in [-0.39, 0.29) is 11.3 Å². The lowest BCUT2D eigenvalue weighted by Gasteiger charge is -2.32. The molecule has 2 aromatic rings. The number of anilines is 1. The van der Waals surface area contributed by atoms with Gasteiger partial charge in [0.15, 0.2) is 0 Å². The average molecular weight is 457 g/mol. The summed E-state index contributed by atoms with van der Waals surface area (Å²) in [5, 5.41) is 9.33. The number of ether oxygens (including phenoxy) is 1. The molecule has 6 nitrogen and oxygen atoms in total. The highest BCUT2D eigenvalue weighted by molar-refractivity contribution is 7.92. The maximum Gasteiger partial charge on any atom is 0.430 e. The van der Waals surface area contributed by atoms with Crippen LogP contribution in [-0.2, 0) is 20.4 Å². The second-order valence-corrected chi connectivity index (χ2v) is 7.59. The van der Waals surface area contributed by atoms with Gasteiger partial charge in [0.2, 0.25) is 0 Å². The van der Waals surface area contributed by atoms with Crippen LogP contribution in [0.1, 0.15) is 15.9 Å². The molecule has 2 aromatic carbocycles. The fourth-order valence-corrected chi connectivity index (χ4v) is 3.49. The van der Waals surface area contributed by atoms with Gasteiger partial charge in [-0.1, -0.05) is 18.2 Å². The molecule has 0 saturated carbocycles. The SMILES string of the molecule is COC(=O)c1cccc(S(=O)(=O)Nc2ccc(C(O)(C(F)(F)F)C(F)(F)F)cc2)c1. The zero-order valence-corrected chi connectivity index (χ0v) is 15.7. The Kier molecular flexibility index (Phi) is 6.10. The van der Waals surface area contributed by atoms with Gasteiger partial charge in [0, 0.05) is 11.3 Å². The van der Waals surface area contributed by atoms with Crippen molar-refractivity contribution < 1.29 is 49.4 Å². The molecule has 0 aliphatic carbocycles. The molecule has 0 heterocycles. The van der Waals surface area contributed by atoms with Crippen molar-refractivity contribution in [3.8, 4) is 0 Å². The topological polar surface area (TPSA) is 92.7 Å². The molecule has 13 heteroatoms. The van der Waals surface area contributed by atoms with Crippen molar-refractivity contribution in [2.45, 2.75) is 22.8 Å². The van der Waals surface area contributed by atoms with Gasteiger partial charge in [0.05, 0.1) is 17.6 Å². The molecule has 0 atom stereocenters. The van der Waals surface area contributed by atoms with E-state index in [4.69, 9.17) is 0 Å². The Balaban J connectivity index is 2.37. The molecular weight excluding hydrogens is 444 g/mol. The van der Waals surface area contributed by atoms with E-state index in [9.17, 15) is 44.7 Å². The molecule has 0 aliphatic heterocycles.